The number of rotatable bonds is 19. The molecule has 0 aliphatic carbocycles. The molecule has 530 valence electrons. The Balaban J connectivity index is 0.803. The summed E-state index contributed by atoms with van der Waals surface area (Å²) in [5.41, 5.74) is 3.60. The Bertz CT molecular complexity index is 4210. The van der Waals surface area contributed by atoms with Crippen LogP contribution in [0.25, 0.3) is 11.1 Å². The van der Waals surface area contributed by atoms with Gasteiger partial charge in [0.25, 0.3) is 22.9 Å². The first-order valence-electron chi connectivity index (χ1n) is 34.2. The Morgan fingerprint density at radius 2 is 0.920 bits per heavy atom. The number of anilines is 2. The fourth-order valence-electron chi connectivity index (χ4n) is 14.3. The number of halogens is 2. The topological polar surface area (TPSA) is 275 Å². The second-order valence-corrected chi connectivity index (χ2v) is 29.2. The number of ether oxygens (including phenoxy) is 1. The quantitative estimate of drug-likeness (QED) is 0.0507. The van der Waals surface area contributed by atoms with Crippen molar-refractivity contribution in [2.24, 2.45) is 11.8 Å². The number of hydrogen-bond donors (Lipinski definition) is 5. The molecule has 24 heteroatoms. The highest BCUT2D eigenvalue weighted by atomic mass is 19.1. The molecule has 2 aromatic heterocycles. The van der Waals surface area contributed by atoms with Gasteiger partial charge in [0.15, 0.2) is 0 Å². The molecule has 2 fully saturated rings. The molecule has 0 spiro atoms. The Morgan fingerprint density at radius 3 is 1.25 bits per heavy atom. The zero-order valence-electron chi connectivity index (χ0n) is 58.6. The molecular weight excluding hydrogens is 1280 g/mol. The minimum atomic E-state index is -1.31. The summed E-state index contributed by atoms with van der Waals surface area (Å²) in [6.45, 7) is 17.6. The normalized spacial score (nSPS) is 17.1. The van der Waals surface area contributed by atoms with E-state index in [1.807, 2.05) is 52.0 Å². The third-order valence-electron chi connectivity index (χ3n) is 20.0. The van der Waals surface area contributed by atoms with Gasteiger partial charge >= 0.3 is 12.2 Å². The van der Waals surface area contributed by atoms with Crippen LogP contribution < -0.4 is 31.6 Å². The predicted octanol–water partition coefficient (Wildman–Crippen LogP) is 9.55. The third-order valence-corrected chi connectivity index (χ3v) is 20.0. The van der Waals surface area contributed by atoms with E-state index in [2.05, 4.69) is 20.6 Å². The molecule has 2 saturated heterocycles. The summed E-state index contributed by atoms with van der Waals surface area (Å²) in [6.07, 6.45) is -0.0459. The molecule has 0 saturated carbocycles. The van der Waals surface area contributed by atoms with Crippen LogP contribution in [0.4, 0.5) is 29.7 Å². The maximum Gasteiger partial charge on any atom is 0.410 e. The second-order valence-electron chi connectivity index (χ2n) is 29.2. The number of benzene rings is 4. The first-order chi connectivity index (χ1) is 47.3. The molecule has 0 unspecified atom stereocenters. The van der Waals surface area contributed by atoms with Crippen molar-refractivity contribution in [3.8, 4) is 11.1 Å². The van der Waals surface area contributed by atoms with E-state index < -0.39 is 99.9 Å². The number of piperidine rings is 2. The number of aromatic amines is 2. The van der Waals surface area contributed by atoms with E-state index in [9.17, 15) is 52.2 Å². The summed E-state index contributed by atoms with van der Waals surface area (Å²) in [6, 6.07) is 24.8. The molecule has 0 radical (unpaired) electrons. The zero-order chi connectivity index (χ0) is 72.4. The molecule has 4 aromatic carbocycles. The fraction of sp³-hybridized carbons (Fsp3) is 0.447. The van der Waals surface area contributed by atoms with Gasteiger partial charge < -0.3 is 50.0 Å². The van der Waals surface area contributed by atoms with Crippen LogP contribution in [0.5, 0.6) is 0 Å². The van der Waals surface area contributed by atoms with Crippen LogP contribution in [0.2, 0.25) is 0 Å². The summed E-state index contributed by atoms with van der Waals surface area (Å²) < 4.78 is 33.3. The SMILES string of the molecule is CC[C@@H](C(=O)N[C@H](C(=O)N1CC(C)(C)c2[nH]c(=O)c(Cc3ccc(F)cc3)cc21)C1CCN(C(=O)c2ccc(-c3ccc(C(=O)N4CCC([C@H](NC(=O)[C@H](CC)N(C)C(=O)OC(C)(C)C)C(=O)N5CC(C)(C)c6[nH]c(=O)c(Cc7ccc(F)cc7)cc65)CC4)cc3)cc2)CC1)N(C)C(=O)O. The first kappa shape index (κ1) is 72.7. The number of aromatic nitrogens is 2. The Morgan fingerprint density at radius 1 is 0.570 bits per heavy atom. The molecule has 22 nitrogen and oxygen atoms in total. The van der Waals surface area contributed by atoms with Crippen molar-refractivity contribution >= 4 is 59.0 Å². The van der Waals surface area contributed by atoms with Crippen molar-refractivity contribution < 1.29 is 57.0 Å². The number of carboxylic acid groups (broad SMARTS) is 1. The van der Waals surface area contributed by atoms with Crippen molar-refractivity contribution in [1.82, 2.24) is 40.2 Å². The van der Waals surface area contributed by atoms with Gasteiger partial charge in [-0.05, 0) is 154 Å². The van der Waals surface area contributed by atoms with Crippen LogP contribution in [0.15, 0.2) is 119 Å². The van der Waals surface area contributed by atoms with Gasteiger partial charge in [-0.1, -0.05) is 90.1 Å². The van der Waals surface area contributed by atoms with Gasteiger partial charge in [0, 0.05) is 111 Å². The molecule has 6 aromatic rings. The molecule has 8 amide bonds. The molecule has 0 bridgehead atoms. The minimum Gasteiger partial charge on any atom is -0.465 e. The van der Waals surface area contributed by atoms with Gasteiger partial charge in [0.05, 0.1) is 11.4 Å². The lowest BCUT2D eigenvalue weighted by molar-refractivity contribution is -0.132. The second kappa shape index (κ2) is 29.4. The number of carbonyl (C=O) groups is 8. The highest BCUT2D eigenvalue weighted by molar-refractivity contribution is 6.04. The average Bonchev–Trinajstić information content (AvgIpc) is 1.57. The number of hydrogen-bond acceptors (Lipinski definition) is 11. The zero-order valence-corrected chi connectivity index (χ0v) is 58.6. The van der Waals surface area contributed by atoms with Crippen LogP contribution in [-0.2, 0) is 47.6 Å². The third kappa shape index (κ3) is 15.8. The van der Waals surface area contributed by atoms with Crippen molar-refractivity contribution in [2.75, 3.05) is 63.2 Å². The monoisotopic (exact) mass is 1370 g/mol. The summed E-state index contributed by atoms with van der Waals surface area (Å²) in [7, 11) is 2.77. The van der Waals surface area contributed by atoms with Crippen LogP contribution in [0.3, 0.4) is 0 Å². The predicted molar refractivity (Wildman–Crippen MR) is 374 cm³/mol. The lowest BCUT2D eigenvalue weighted by Gasteiger charge is -2.38. The summed E-state index contributed by atoms with van der Waals surface area (Å²) in [4.78, 5) is 155. The Hall–Kier alpha value is -10.0. The largest absolute Gasteiger partial charge is 0.465 e. The number of amides is 8. The molecule has 100 heavy (non-hydrogen) atoms. The molecule has 4 aliphatic rings. The van der Waals surface area contributed by atoms with Crippen molar-refractivity contribution in [1.29, 1.82) is 0 Å². The standard InChI is InChI=1S/C76H90F2N10O12/c1-12-56(83(10)72(97)98)66(91)79-60(70(95)87-42-75(6,7)62-58(87)40-52(64(89)81-62)38-44-14-26-54(77)27-15-44)48-30-34-85(35-31-48)68(93)50-22-18-46(19-23-50)47-20-24-51(25-21-47)69(94)86-36-32-49(33-37-86)61(80-67(92)57(13-2)84(11)73(99)100-74(3,4)5)71(96)88-43-76(8,9)63-59(88)41-53(65(90)82-63)39-45-16-28-55(78)29-17-45/h14-29,40-41,48-49,56-57,60-61H,12-13,30-39,42-43H2,1-11H3,(H,79,91)(H,80,92)(H,81,89)(H,82,90)(H,97,98)/t56-,57-,60-,61-/m0/s1. The number of nitrogens with zero attached hydrogens (tertiary/aromatic N) is 6. The van der Waals surface area contributed by atoms with E-state index in [-0.39, 0.29) is 87.9 Å². The number of H-pyrrole nitrogens is 2. The van der Waals surface area contributed by atoms with E-state index in [1.54, 1.807) is 115 Å². The van der Waals surface area contributed by atoms with Crippen molar-refractivity contribution in [2.45, 2.75) is 154 Å². The number of likely N-dealkylation sites (N-methyl/N-ethyl adjacent to an activating group) is 2. The van der Waals surface area contributed by atoms with Gasteiger partial charge in [0.2, 0.25) is 23.6 Å². The molecule has 4 atom stereocenters. The van der Waals surface area contributed by atoms with E-state index in [0.29, 0.717) is 81.8 Å². The number of pyridine rings is 2. The Kier molecular flexibility index (Phi) is 21.4. The lowest BCUT2D eigenvalue weighted by Crippen LogP contribution is -2.58. The maximum absolute atomic E-state index is 15.3. The molecular formula is C76H90F2N10O12. The van der Waals surface area contributed by atoms with Crippen molar-refractivity contribution in [3.05, 3.63) is 186 Å². The van der Waals surface area contributed by atoms with Crippen LogP contribution in [0.1, 0.15) is 155 Å². The molecule has 4 aliphatic heterocycles. The van der Waals surface area contributed by atoms with Gasteiger partial charge in [-0.3, -0.25) is 48.2 Å². The van der Waals surface area contributed by atoms with Crippen LogP contribution in [0, 0.1) is 23.5 Å². The molecule has 10 rings (SSSR count). The average molecular weight is 1370 g/mol. The smallest absolute Gasteiger partial charge is 0.410 e. The number of likely N-dealkylation sites (tertiary alicyclic amines) is 2. The van der Waals surface area contributed by atoms with Crippen molar-refractivity contribution in [3.63, 3.8) is 0 Å². The maximum atomic E-state index is 15.3. The minimum absolute atomic E-state index is 0.133. The van der Waals surface area contributed by atoms with E-state index in [1.165, 1.54) is 43.3 Å². The highest BCUT2D eigenvalue weighted by Gasteiger charge is 2.47. The van der Waals surface area contributed by atoms with E-state index in [0.717, 1.165) is 16.0 Å². The fourth-order valence-corrected chi connectivity index (χ4v) is 14.3. The van der Waals surface area contributed by atoms with Gasteiger partial charge in [-0.25, -0.2) is 18.4 Å². The number of fused-ring (bicyclic) bond motifs is 2. The highest BCUT2D eigenvalue weighted by Crippen LogP contribution is 2.42. The summed E-state index contributed by atoms with van der Waals surface area (Å²) in [5.74, 6) is -4.32. The summed E-state index contributed by atoms with van der Waals surface area (Å²) in [5, 5.41) is 15.8. The lowest BCUT2D eigenvalue weighted by atomic mass is 9.87. The number of nitrogens with one attached hydrogen (secondary N) is 4. The van der Waals surface area contributed by atoms with Gasteiger partial charge in [-0.2, -0.15) is 0 Å². The van der Waals surface area contributed by atoms with Gasteiger partial charge in [0.1, 0.15) is 41.4 Å². The summed E-state index contributed by atoms with van der Waals surface area (Å²) >= 11 is 0. The van der Waals surface area contributed by atoms with Crippen LogP contribution >= 0.6 is 0 Å². The first-order valence-corrected chi connectivity index (χ1v) is 34.2. The van der Waals surface area contributed by atoms with Crippen LogP contribution in [-0.4, -0.2) is 165 Å². The Labute approximate surface area is 580 Å². The molecule has 5 N–H and O–H groups in total. The number of carbonyl (C=O) groups excluding carboxylic acids is 7. The molecule has 6 heterocycles. The van der Waals surface area contributed by atoms with Gasteiger partial charge in [-0.15, -0.1) is 0 Å². The van der Waals surface area contributed by atoms with E-state index >= 15 is 9.59 Å². The van der Waals surface area contributed by atoms with E-state index in [4.69, 9.17) is 4.74 Å².